The minimum atomic E-state index is -0.772. The van der Waals surface area contributed by atoms with Gasteiger partial charge < -0.3 is 14.2 Å². The second-order valence-corrected chi connectivity index (χ2v) is 22.4. The van der Waals surface area contributed by atoms with Crippen molar-refractivity contribution in [2.24, 2.45) is 0 Å². The maximum atomic E-state index is 12.9. The number of carbonyl (C=O) groups excluding carboxylic acids is 3. The topological polar surface area (TPSA) is 78.9 Å². The number of esters is 3. The van der Waals surface area contributed by atoms with E-state index in [9.17, 15) is 14.4 Å². The van der Waals surface area contributed by atoms with Crippen LogP contribution in [0, 0.1) is 0 Å². The molecule has 434 valence electrons. The Morgan fingerprint density at radius 1 is 0.270 bits per heavy atom. The molecule has 0 aromatic heterocycles. The Labute approximate surface area is 461 Å². The fourth-order valence-corrected chi connectivity index (χ4v) is 9.92. The first-order valence-corrected chi connectivity index (χ1v) is 33.0. The van der Waals surface area contributed by atoms with Crippen LogP contribution in [0.5, 0.6) is 0 Å². The Balaban J connectivity index is 4.29. The van der Waals surface area contributed by atoms with Gasteiger partial charge in [0, 0.05) is 19.3 Å². The standard InChI is InChI=1S/C68H126O6/c1-4-7-10-13-16-19-22-25-27-29-31-33-34-35-37-38-40-43-46-49-52-55-58-61-67(70)73-64-65(63-72-66(69)60-57-54-51-48-45-42-24-21-18-15-12-9-6-3)74-68(71)62-59-56-53-50-47-44-41-39-36-32-30-28-26-23-20-17-14-11-8-5-2/h22,25,29,31,34-35,65H,4-21,23-24,26-28,30,32-33,36-64H2,1-3H3/b25-22-,31-29-,35-34-. The molecule has 0 saturated carbocycles. The second-order valence-electron chi connectivity index (χ2n) is 22.4. The first-order valence-electron chi connectivity index (χ1n) is 33.0. The molecule has 0 spiro atoms. The summed E-state index contributed by atoms with van der Waals surface area (Å²) in [5, 5.41) is 0. The molecule has 0 aliphatic heterocycles. The molecule has 0 aromatic carbocycles. The molecule has 0 bridgehead atoms. The lowest BCUT2D eigenvalue weighted by Gasteiger charge is -2.18. The van der Waals surface area contributed by atoms with Gasteiger partial charge in [0.25, 0.3) is 0 Å². The van der Waals surface area contributed by atoms with E-state index in [0.717, 1.165) is 77.0 Å². The summed E-state index contributed by atoms with van der Waals surface area (Å²) >= 11 is 0. The highest BCUT2D eigenvalue weighted by molar-refractivity contribution is 5.71. The quantitative estimate of drug-likeness (QED) is 0.0261. The number of hydrogen-bond acceptors (Lipinski definition) is 6. The third-order valence-electron chi connectivity index (χ3n) is 14.9. The van der Waals surface area contributed by atoms with E-state index in [-0.39, 0.29) is 31.1 Å². The van der Waals surface area contributed by atoms with Gasteiger partial charge in [-0.25, -0.2) is 0 Å². The highest BCUT2D eigenvalue weighted by Gasteiger charge is 2.19. The minimum absolute atomic E-state index is 0.0688. The Hall–Kier alpha value is -2.37. The Bertz CT molecular complexity index is 1240. The minimum Gasteiger partial charge on any atom is -0.462 e. The van der Waals surface area contributed by atoms with Gasteiger partial charge in [0.05, 0.1) is 0 Å². The lowest BCUT2D eigenvalue weighted by Crippen LogP contribution is -2.30. The fourth-order valence-electron chi connectivity index (χ4n) is 9.92. The van der Waals surface area contributed by atoms with Crippen molar-refractivity contribution in [1.82, 2.24) is 0 Å². The molecular weight excluding hydrogens is 913 g/mol. The average Bonchev–Trinajstić information content (AvgIpc) is 3.40. The van der Waals surface area contributed by atoms with Crippen molar-refractivity contribution in [2.45, 2.75) is 367 Å². The van der Waals surface area contributed by atoms with Crippen LogP contribution in [0.4, 0.5) is 0 Å². The van der Waals surface area contributed by atoms with Crippen molar-refractivity contribution in [3.63, 3.8) is 0 Å². The molecule has 6 nitrogen and oxygen atoms in total. The maximum Gasteiger partial charge on any atom is 0.306 e. The molecule has 0 saturated heterocycles. The predicted molar refractivity (Wildman–Crippen MR) is 321 cm³/mol. The van der Waals surface area contributed by atoms with Crippen molar-refractivity contribution in [1.29, 1.82) is 0 Å². The second kappa shape index (κ2) is 63.2. The first kappa shape index (κ1) is 71.6. The van der Waals surface area contributed by atoms with E-state index in [0.29, 0.717) is 19.3 Å². The average molecular weight is 1040 g/mol. The lowest BCUT2D eigenvalue weighted by molar-refractivity contribution is -0.167. The van der Waals surface area contributed by atoms with E-state index in [1.54, 1.807) is 0 Å². The molecule has 0 amide bonds. The van der Waals surface area contributed by atoms with Crippen LogP contribution in [-0.4, -0.2) is 37.2 Å². The zero-order valence-electron chi connectivity index (χ0n) is 49.9. The molecule has 0 rings (SSSR count). The van der Waals surface area contributed by atoms with E-state index in [2.05, 4.69) is 57.2 Å². The molecule has 0 N–H and O–H groups in total. The lowest BCUT2D eigenvalue weighted by atomic mass is 10.0. The zero-order chi connectivity index (χ0) is 53.6. The van der Waals surface area contributed by atoms with Crippen LogP contribution in [-0.2, 0) is 28.6 Å². The Morgan fingerprint density at radius 2 is 0.486 bits per heavy atom. The number of carbonyl (C=O) groups is 3. The number of rotatable bonds is 61. The van der Waals surface area contributed by atoms with Gasteiger partial charge in [-0.3, -0.25) is 14.4 Å². The summed E-state index contributed by atoms with van der Waals surface area (Å²) in [4.78, 5) is 38.3. The van der Waals surface area contributed by atoms with E-state index in [4.69, 9.17) is 14.2 Å². The van der Waals surface area contributed by atoms with Crippen LogP contribution < -0.4 is 0 Å². The van der Waals surface area contributed by atoms with Crippen LogP contribution in [0.25, 0.3) is 0 Å². The van der Waals surface area contributed by atoms with Gasteiger partial charge in [-0.15, -0.1) is 0 Å². The van der Waals surface area contributed by atoms with Crippen molar-refractivity contribution >= 4 is 17.9 Å². The van der Waals surface area contributed by atoms with E-state index in [1.165, 1.54) is 244 Å². The summed E-state index contributed by atoms with van der Waals surface area (Å²) in [5.41, 5.74) is 0. The monoisotopic (exact) mass is 1040 g/mol. The summed E-state index contributed by atoms with van der Waals surface area (Å²) in [6, 6.07) is 0. The Morgan fingerprint density at radius 3 is 0.757 bits per heavy atom. The zero-order valence-corrected chi connectivity index (χ0v) is 49.9. The first-order chi connectivity index (χ1) is 36.5. The largest absolute Gasteiger partial charge is 0.462 e. The van der Waals surface area contributed by atoms with Crippen LogP contribution >= 0.6 is 0 Å². The van der Waals surface area contributed by atoms with Crippen LogP contribution in [0.1, 0.15) is 361 Å². The van der Waals surface area contributed by atoms with Crippen LogP contribution in [0.15, 0.2) is 36.5 Å². The number of hydrogen-bond donors (Lipinski definition) is 0. The van der Waals surface area contributed by atoms with Gasteiger partial charge in [-0.2, -0.15) is 0 Å². The van der Waals surface area contributed by atoms with Gasteiger partial charge in [0.2, 0.25) is 0 Å². The maximum absolute atomic E-state index is 12.9. The molecule has 0 radical (unpaired) electrons. The molecule has 0 aromatic rings. The highest BCUT2D eigenvalue weighted by Crippen LogP contribution is 2.18. The van der Waals surface area contributed by atoms with E-state index >= 15 is 0 Å². The van der Waals surface area contributed by atoms with Crippen molar-refractivity contribution < 1.29 is 28.6 Å². The molecule has 0 fully saturated rings. The van der Waals surface area contributed by atoms with Crippen molar-refractivity contribution in [3.8, 4) is 0 Å². The van der Waals surface area contributed by atoms with Gasteiger partial charge in [0.15, 0.2) is 6.10 Å². The van der Waals surface area contributed by atoms with Crippen LogP contribution in [0.3, 0.4) is 0 Å². The highest BCUT2D eigenvalue weighted by atomic mass is 16.6. The summed E-state index contributed by atoms with van der Waals surface area (Å²) in [6.07, 6.45) is 77.2. The smallest absolute Gasteiger partial charge is 0.306 e. The predicted octanol–water partition coefficient (Wildman–Crippen LogP) is 22.4. The number of allylic oxidation sites excluding steroid dienone is 6. The van der Waals surface area contributed by atoms with Gasteiger partial charge in [-0.1, -0.05) is 320 Å². The Kier molecular flexibility index (Phi) is 61.1. The molecule has 1 atom stereocenters. The molecular formula is C68H126O6. The SMILES string of the molecule is CCCCCCC/C=C\C/C=C\C/C=C\CCCCCCCCCCC(=O)OCC(COC(=O)CCCCCCCCCCCCCCC)OC(=O)CCCCCCCCCCCCCCCCCCCCCC. The van der Waals surface area contributed by atoms with Gasteiger partial charge in [0.1, 0.15) is 13.2 Å². The molecule has 0 aliphatic carbocycles. The summed E-state index contributed by atoms with van der Waals surface area (Å²) in [5.74, 6) is -0.850. The molecule has 0 aliphatic rings. The summed E-state index contributed by atoms with van der Waals surface area (Å²) < 4.78 is 17.0. The van der Waals surface area contributed by atoms with Gasteiger partial charge >= 0.3 is 17.9 Å². The molecule has 74 heavy (non-hydrogen) atoms. The van der Waals surface area contributed by atoms with Gasteiger partial charge in [-0.05, 0) is 57.8 Å². The third kappa shape index (κ3) is 60.5. The van der Waals surface area contributed by atoms with Crippen molar-refractivity contribution in [3.05, 3.63) is 36.5 Å². The fraction of sp³-hybridized carbons (Fsp3) is 0.868. The molecule has 0 heterocycles. The van der Waals surface area contributed by atoms with Crippen molar-refractivity contribution in [2.75, 3.05) is 13.2 Å². The molecule has 1 unspecified atom stereocenters. The normalized spacial score (nSPS) is 12.2. The van der Waals surface area contributed by atoms with E-state index < -0.39 is 6.10 Å². The number of ether oxygens (including phenoxy) is 3. The summed E-state index contributed by atoms with van der Waals surface area (Å²) in [6.45, 7) is 6.69. The number of unbranched alkanes of at least 4 members (excludes halogenated alkanes) is 44. The van der Waals surface area contributed by atoms with E-state index in [1.807, 2.05) is 0 Å². The summed E-state index contributed by atoms with van der Waals surface area (Å²) in [7, 11) is 0. The molecule has 6 heteroatoms. The third-order valence-corrected chi connectivity index (χ3v) is 14.9. The van der Waals surface area contributed by atoms with Crippen LogP contribution in [0.2, 0.25) is 0 Å².